The quantitative estimate of drug-likeness (QED) is 0.176. The fraction of sp³-hybridized carbons (Fsp3) is 0.513. The van der Waals surface area contributed by atoms with Gasteiger partial charge < -0.3 is 20.9 Å². The molecule has 3 aliphatic heterocycles. The third-order valence-corrected chi connectivity index (χ3v) is 11.8. The topological polar surface area (TPSA) is 176 Å². The van der Waals surface area contributed by atoms with Crippen LogP contribution in [-0.2, 0) is 15.8 Å². The lowest BCUT2D eigenvalue weighted by molar-refractivity contribution is -0.141. The third kappa shape index (κ3) is 8.41. The highest BCUT2D eigenvalue weighted by atomic mass is 19.4. The number of carbonyl (C=O) groups excluding carboxylic acids is 4. The van der Waals surface area contributed by atoms with Gasteiger partial charge >= 0.3 is 6.18 Å². The minimum atomic E-state index is -4.82. The molecule has 3 atom stereocenters. The molecule has 19 heteroatoms. The van der Waals surface area contributed by atoms with Gasteiger partial charge in [-0.2, -0.15) is 23.4 Å². The molecule has 4 fully saturated rings. The number of rotatable bonds is 8. The van der Waals surface area contributed by atoms with E-state index >= 15 is 0 Å². The molecule has 1 unspecified atom stereocenters. The summed E-state index contributed by atoms with van der Waals surface area (Å²) in [6.45, 7) is 3.78. The molecule has 15 nitrogen and oxygen atoms in total. The number of fused-ring (bicyclic) bond motifs is 1. The second-order valence-corrected chi connectivity index (χ2v) is 15.8. The maximum Gasteiger partial charge on any atom is 0.437 e. The van der Waals surface area contributed by atoms with Gasteiger partial charge in [-0.15, -0.1) is 0 Å². The number of nitrogens with two attached hydrogens (primary N) is 1. The zero-order valence-corrected chi connectivity index (χ0v) is 31.7. The smallest absolute Gasteiger partial charge is 0.352 e. The Morgan fingerprint density at radius 3 is 2.40 bits per heavy atom. The fourth-order valence-electron chi connectivity index (χ4n) is 8.67. The van der Waals surface area contributed by atoms with Crippen LogP contribution in [0.2, 0.25) is 0 Å². The first kappa shape index (κ1) is 39.4. The van der Waals surface area contributed by atoms with E-state index in [2.05, 4.69) is 30.7 Å². The number of amides is 4. The van der Waals surface area contributed by atoms with Crippen LogP contribution >= 0.6 is 0 Å². The van der Waals surface area contributed by atoms with Crippen LogP contribution in [0.1, 0.15) is 88.9 Å². The van der Waals surface area contributed by atoms with Crippen molar-refractivity contribution in [1.29, 1.82) is 0 Å². The highest BCUT2D eigenvalue weighted by Gasteiger charge is 2.39. The molecule has 1 saturated carbocycles. The first-order chi connectivity index (χ1) is 27.8. The molecule has 308 valence electrons. The first-order valence-corrected chi connectivity index (χ1v) is 19.7. The Bertz CT molecular complexity index is 2170. The lowest BCUT2D eigenvalue weighted by Gasteiger charge is -2.38. The third-order valence-electron chi connectivity index (χ3n) is 11.8. The van der Waals surface area contributed by atoms with Crippen LogP contribution in [0.3, 0.4) is 0 Å². The van der Waals surface area contributed by atoms with E-state index in [0.717, 1.165) is 24.9 Å². The van der Waals surface area contributed by atoms with Crippen LogP contribution in [0.4, 0.5) is 29.1 Å². The minimum absolute atomic E-state index is 0.0489. The van der Waals surface area contributed by atoms with Crippen molar-refractivity contribution >= 4 is 40.8 Å². The number of halogens is 4. The van der Waals surface area contributed by atoms with E-state index < -0.39 is 41.6 Å². The van der Waals surface area contributed by atoms with E-state index in [4.69, 9.17) is 5.73 Å². The van der Waals surface area contributed by atoms with Crippen molar-refractivity contribution in [3.8, 4) is 0 Å². The van der Waals surface area contributed by atoms with E-state index in [1.54, 1.807) is 41.4 Å². The van der Waals surface area contributed by atoms with E-state index in [9.17, 15) is 36.7 Å². The second-order valence-electron chi connectivity index (χ2n) is 15.8. The Balaban J connectivity index is 0.845. The van der Waals surface area contributed by atoms with Gasteiger partial charge in [-0.3, -0.25) is 34.1 Å². The number of alkyl halides is 4. The molecule has 0 radical (unpaired) electrons. The summed E-state index contributed by atoms with van der Waals surface area (Å²) in [6, 6.07) is 7.95. The SMILES string of the molecule is N[C@@H]1C[C@@H](F)CN(c2ccn3ncc(C(=O)Nc4cn(C5CCC(CN6CCN(C(=O)c7ccc(C8CCC(=O)NC8=O)cc7)CC6)CC5)nc4C(F)(F)F)c3n2)C1. The van der Waals surface area contributed by atoms with Crippen LogP contribution in [0.5, 0.6) is 0 Å². The summed E-state index contributed by atoms with van der Waals surface area (Å²) < 4.78 is 59.6. The number of hydrogen-bond donors (Lipinski definition) is 3. The van der Waals surface area contributed by atoms with Gasteiger partial charge in [0.1, 0.15) is 17.6 Å². The van der Waals surface area contributed by atoms with Gasteiger partial charge in [-0.1, -0.05) is 12.1 Å². The lowest BCUT2D eigenvalue weighted by atomic mass is 9.85. The summed E-state index contributed by atoms with van der Waals surface area (Å²) in [4.78, 5) is 60.8. The average molecular weight is 808 g/mol. The molecule has 3 aromatic heterocycles. The van der Waals surface area contributed by atoms with Crippen molar-refractivity contribution in [2.24, 2.45) is 11.7 Å². The van der Waals surface area contributed by atoms with Crippen LogP contribution in [0.25, 0.3) is 5.65 Å². The number of piperidine rings is 2. The Kier molecular flexibility index (Phi) is 10.9. The number of nitrogens with zero attached hydrogens (tertiary/aromatic N) is 8. The summed E-state index contributed by atoms with van der Waals surface area (Å²) in [6.07, 6.45) is 1.81. The number of aromatic nitrogens is 5. The predicted molar refractivity (Wildman–Crippen MR) is 203 cm³/mol. The van der Waals surface area contributed by atoms with E-state index in [1.165, 1.54) is 21.6 Å². The van der Waals surface area contributed by atoms with Crippen LogP contribution < -0.4 is 21.3 Å². The van der Waals surface area contributed by atoms with Gasteiger partial charge in [0, 0.05) is 69.7 Å². The molecule has 8 rings (SSSR count). The number of benzene rings is 1. The summed E-state index contributed by atoms with van der Waals surface area (Å²) in [5, 5.41) is 12.8. The predicted octanol–water partition coefficient (Wildman–Crippen LogP) is 3.78. The number of hydrogen-bond acceptors (Lipinski definition) is 10. The highest BCUT2D eigenvalue weighted by Crippen LogP contribution is 2.38. The van der Waals surface area contributed by atoms with Gasteiger partial charge in [0.2, 0.25) is 11.8 Å². The maximum absolute atomic E-state index is 14.2. The van der Waals surface area contributed by atoms with Crippen molar-refractivity contribution in [1.82, 2.24) is 39.5 Å². The average Bonchev–Trinajstić information content (AvgIpc) is 3.83. The molecule has 1 aromatic carbocycles. The molecule has 4 aliphatic rings. The summed E-state index contributed by atoms with van der Waals surface area (Å²) in [5.74, 6) is -1.21. The number of imide groups is 1. The zero-order valence-electron chi connectivity index (χ0n) is 31.7. The minimum Gasteiger partial charge on any atom is -0.352 e. The van der Waals surface area contributed by atoms with Crippen molar-refractivity contribution in [3.05, 3.63) is 71.3 Å². The monoisotopic (exact) mass is 807 g/mol. The lowest BCUT2D eigenvalue weighted by Crippen LogP contribution is -2.50. The standard InChI is InChI=1S/C39H45F4N11O4/c40-26-17-27(44)21-52(20-26)32-11-12-53-35(47-32)30(18-45-53)37(57)46-31-22-54(49-34(31)39(41,42)43)28-7-1-23(2-8-28)19-50-13-15-51(16-14-50)38(58)25-5-3-24(4-6-25)29-9-10-33(55)48-36(29)56/h3-6,11-12,18,22-23,26-29H,1-2,7-10,13-17,19-21,44H2,(H,46,57)(H,48,55,56)/t23?,26-,27-,28?,29?/m1/s1. The van der Waals surface area contributed by atoms with Gasteiger partial charge in [0.05, 0.1) is 30.4 Å². The normalized spacial score (nSPS) is 24.9. The van der Waals surface area contributed by atoms with Gasteiger partial charge in [0.15, 0.2) is 11.3 Å². The summed E-state index contributed by atoms with van der Waals surface area (Å²) in [5.41, 5.74) is 5.71. The molecule has 4 aromatic rings. The van der Waals surface area contributed by atoms with Crippen LogP contribution in [-0.4, -0.2) is 116 Å². The van der Waals surface area contributed by atoms with Crippen molar-refractivity contribution in [3.63, 3.8) is 0 Å². The van der Waals surface area contributed by atoms with Crippen LogP contribution in [0.15, 0.2) is 48.9 Å². The Morgan fingerprint density at radius 1 is 0.966 bits per heavy atom. The number of anilines is 2. The first-order valence-electron chi connectivity index (χ1n) is 19.7. The molecule has 58 heavy (non-hydrogen) atoms. The van der Waals surface area contributed by atoms with Gasteiger partial charge in [-0.05, 0) is 68.2 Å². The Labute approximate surface area is 330 Å². The molecule has 4 N–H and O–H groups in total. The summed E-state index contributed by atoms with van der Waals surface area (Å²) in [7, 11) is 0. The maximum atomic E-state index is 14.2. The number of nitrogens with one attached hydrogen (secondary N) is 2. The van der Waals surface area contributed by atoms with Gasteiger partial charge in [-0.25, -0.2) is 13.9 Å². The molecule has 4 amide bonds. The fourth-order valence-corrected chi connectivity index (χ4v) is 8.67. The number of piperazine rings is 1. The molecule has 0 spiro atoms. The van der Waals surface area contributed by atoms with E-state index in [1.807, 2.05) is 4.90 Å². The highest BCUT2D eigenvalue weighted by molar-refractivity contribution is 6.08. The molecule has 1 aliphatic carbocycles. The zero-order chi connectivity index (χ0) is 40.7. The van der Waals surface area contributed by atoms with Crippen molar-refractivity contribution in [2.45, 2.75) is 75.3 Å². The largest absolute Gasteiger partial charge is 0.437 e. The van der Waals surface area contributed by atoms with Crippen molar-refractivity contribution in [2.75, 3.05) is 56.0 Å². The van der Waals surface area contributed by atoms with Crippen LogP contribution in [0, 0.1) is 5.92 Å². The number of carbonyl (C=O) groups is 4. The Hall–Kier alpha value is -5.43. The second kappa shape index (κ2) is 16.1. The molecule has 0 bridgehead atoms. The Morgan fingerprint density at radius 2 is 1.71 bits per heavy atom. The molecular weight excluding hydrogens is 762 g/mol. The molecule has 6 heterocycles. The van der Waals surface area contributed by atoms with Crippen molar-refractivity contribution < 1.29 is 36.7 Å². The van der Waals surface area contributed by atoms with E-state index in [0.29, 0.717) is 69.3 Å². The van der Waals surface area contributed by atoms with E-state index in [-0.39, 0.29) is 54.4 Å². The van der Waals surface area contributed by atoms with Gasteiger partial charge in [0.25, 0.3) is 11.8 Å². The molecule has 3 saturated heterocycles. The molecular formula is C39H45F4N11O4. The summed E-state index contributed by atoms with van der Waals surface area (Å²) >= 11 is 0.